The minimum Gasteiger partial charge on any atom is -0.379 e. The van der Waals surface area contributed by atoms with Crippen LogP contribution in [0.15, 0.2) is 0 Å². The first-order chi connectivity index (χ1) is 10.9. The van der Waals surface area contributed by atoms with Gasteiger partial charge in [0.2, 0.25) is 15.9 Å². The number of nitrogens with zero attached hydrogens (tertiary/aromatic N) is 2. The maximum absolute atomic E-state index is 12.0. The number of amides is 1. The van der Waals surface area contributed by atoms with Crippen molar-refractivity contribution in [3.8, 4) is 0 Å². The zero-order chi connectivity index (χ0) is 16.7. The van der Waals surface area contributed by atoms with E-state index < -0.39 is 10.0 Å². The van der Waals surface area contributed by atoms with E-state index in [9.17, 15) is 13.2 Å². The van der Waals surface area contributed by atoms with E-state index in [0.717, 1.165) is 25.9 Å². The first-order valence-corrected chi connectivity index (χ1v) is 10.3. The van der Waals surface area contributed by atoms with Crippen molar-refractivity contribution in [3.63, 3.8) is 0 Å². The summed E-state index contributed by atoms with van der Waals surface area (Å²) < 4.78 is 30.5. The highest BCUT2D eigenvalue weighted by Crippen LogP contribution is 2.17. The van der Waals surface area contributed by atoms with Crippen LogP contribution in [0.2, 0.25) is 0 Å². The van der Waals surface area contributed by atoms with Crippen molar-refractivity contribution in [3.05, 3.63) is 0 Å². The number of carbonyl (C=O) groups excluding carboxylic acids is 1. The number of nitrogens with one attached hydrogen (secondary N) is 1. The van der Waals surface area contributed by atoms with Crippen LogP contribution in [0.4, 0.5) is 0 Å². The molecule has 23 heavy (non-hydrogen) atoms. The molecular formula is C15H29N3O4S. The largest absolute Gasteiger partial charge is 0.379 e. The fourth-order valence-corrected chi connectivity index (χ4v) is 3.95. The van der Waals surface area contributed by atoms with Gasteiger partial charge in [0.1, 0.15) is 0 Å². The number of sulfonamides is 1. The number of ether oxygens (including phenoxy) is 1. The molecule has 0 spiro atoms. The monoisotopic (exact) mass is 347 g/mol. The first-order valence-electron chi connectivity index (χ1n) is 8.50. The van der Waals surface area contributed by atoms with Gasteiger partial charge in [0.25, 0.3) is 0 Å². The molecule has 0 aromatic carbocycles. The van der Waals surface area contributed by atoms with Gasteiger partial charge in [-0.25, -0.2) is 12.7 Å². The van der Waals surface area contributed by atoms with Crippen LogP contribution in [0.5, 0.6) is 0 Å². The predicted molar refractivity (Wildman–Crippen MR) is 88.7 cm³/mol. The van der Waals surface area contributed by atoms with E-state index in [0.29, 0.717) is 26.3 Å². The highest BCUT2D eigenvalue weighted by Gasteiger charge is 2.21. The molecule has 1 heterocycles. The third-order valence-corrected chi connectivity index (χ3v) is 5.85. The fourth-order valence-electron chi connectivity index (χ4n) is 3.12. The van der Waals surface area contributed by atoms with Crippen LogP contribution < -0.4 is 5.32 Å². The Bertz CT molecular complexity index is 471. The van der Waals surface area contributed by atoms with Crippen LogP contribution >= 0.6 is 0 Å². The zero-order valence-corrected chi connectivity index (χ0v) is 14.8. The van der Waals surface area contributed by atoms with Gasteiger partial charge in [0.15, 0.2) is 0 Å². The Kier molecular flexibility index (Phi) is 7.26. The summed E-state index contributed by atoms with van der Waals surface area (Å²) >= 11 is 0. The molecule has 1 saturated heterocycles. The number of hydrogen-bond donors (Lipinski definition) is 1. The average Bonchev–Trinajstić information content (AvgIpc) is 2.99. The molecule has 0 radical (unpaired) electrons. The minimum absolute atomic E-state index is 0.0445. The molecule has 0 bridgehead atoms. The lowest BCUT2D eigenvalue weighted by Gasteiger charge is -2.29. The SMILES string of the molecule is CS(=O)(=O)N(CCC(=O)NC1CCCC1)CCN1CCOCC1. The van der Waals surface area contributed by atoms with Crippen molar-refractivity contribution in [1.82, 2.24) is 14.5 Å². The average molecular weight is 347 g/mol. The molecule has 0 unspecified atom stereocenters. The Morgan fingerprint density at radius 2 is 1.87 bits per heavy atom. The van der Waals surface area contributed by atoms with Crippen molar-refractivity contribution in [2.24, 2.45) is 0 Å². The number of hydrogen-bond acceptors (Lipinski definition) is 5. The topological polar surface area (TPSA) is 79.0 Å². The van der Waals surface area contributed by atoms with Gasteiger partial charge in [0, 0.05) is 45.2 Å². The van der Waals surface area contributed by atoms with Crippen molar-refractivity contribution in [2.75, 3.05) is 52.2 Å². The lowest BCUT2D eigenvalue weighted by atomic mass is 10.2. The molecule has 0 atom stereocenters. The highest BCUT2D eigenvalue weighted by molar-refractivity contribution is 7.88. The molecule has 1 aliphatic carbocycles. The van der Waals surface area contributed by atoms with E-state index in [1.807, 2.05) is 0 Å². The van der Waals surface area contributed by atoms with Crippen molar-refractivity contribution >= 4 is 15.9 Å². The maximum atomic E-state index is 12.0. The molecule has 2 fully saturated rings. The number of carbonyl (C=O) groups is 1. The second-order valence-electron chi connectivity index (χ2n) is 6.41. The second kappa shape index (κ2) is 8.96. The normalized spacial score (nSPS) is 21.0. The van der Waals surface area contributed by atoms with Crippen molar-refractivity contribution in [2.45, 2.75) is 38.1 Å². The Morgan fingerprint density at radius 1 is 1.22 bits per heavy atom. The van der Waals surface area contributed by atoms with Crippen LogP contribution in [-0.4, -0.2) is 81.8 Å². The van der Waals surface area contributed by atoms with Gasteiger partial charge in [-0.1, -0.05) is 12.8 Å². The zero-order valence-electron chi connectivity index (χ0n) is 14.0. The van der Waals surface area contributed by atoms with Gasteiger partial charge in [-0.3, -0.25) is 9.69 Å². The summed E-state index contributed by atoms with van der Waals surface area (Å²) in [5, 5.41) is 3.00. The molecule has 1 N–H and O–H groups in total. The van der Waals surface area contributed by atoms with E-state index in [1.54, 1.807) is 0 Å². The molecule has 1 saturated carbocycles. The van der Waals surface area contributed by atoms with Crippen LogP contribution in [0.1, 0.15) is 32.1 Å². The Labute approximate surface area is 139 Å². The van der Waals surface area contributed by atoms with Gasteiger partial charge < -0.3 is 10.1 Å². The fraction of sp³-hybridized carbons (Fsp3) is 0.933. The number of morpholine rings is 1. The molecule has 0 aromatic rings. The van der Waals surface area contributed by atoms with Crippen LogP contribution in [0.3, 0.4) is 0 Å². The Hall–Kier alpha value is -0.700. The summed E-state index contributed by atoms with van der Waals surface area (Å²) in [6.07, 6.45) is 5.85. The summed E-state index contributed by atoms with van der Waals surface area (Å²) in [4.78, 5) is 14.2. The molecule has 0 aromatic heterocycles. The molecular weight excluding hydrogens is 318 g/mol. The molecule has 1 aliphatic heterocycles. The summed E-state index contributed by atoms with van der Waals surface area (Å²) in [6.45, 7) is 4.42. The van der Waals surface area contributed by atoms with Crippen LogP contribution in [0.25, 0.3) is 0 Å². The predicted octanol–water partition coefficient (Wildman–Crippen LogP) is 0.0291. The Balaban J connectivity index is 1.75. The molecule has 7 nitrogen and oxygen atoms in total. The first kappa shape index (κ1) is 18.6. The molecule has 2 aliphatic rings. The maximum Gasteiger partial charge on any atom is 0.221 e. The van der Waals surface area contributed by atoms with Crippen molar-refractivity contribution < 1.29 is 17.9 Å². The summed E-state index contributed by atoms with van der Waals surface area (Å²) in [7, 11) is -3.29. The number of rotatable bonds is 8. The summed E-state index contributed by atoms with van der Waals surface area (Å²) in [6, 6.07) is 0.280. The lowest BCUT2D eigenvalue weighted by Crippen LogP contribution is -2.44. The van der Waals surface area contributed by atoms with E-state index >= 15 is 0 Å². The van der Waals surface area contributed by atoms with Gasteiger partial charge in [-0.05, 0) is 12.8 Å². The standard InChI is InChI=1S/C15H29N3O4S/c1-23(20,21)18(9-8-17-10-12-22-13-11-17)7-6-15(19)16-14-4-2-3-5-14/h14H,2-13H2,1H3,(H,16,19). The van der Waals surface area contributed by atoms with Gasteiger partial charge in [0.05, 0.1) is 19.5 Å². The van der Waals surface area contributed by atoms with Gasteiger partial charge in [-0.15, -0.1) is 0 Å². The minimum atomic E-state index is -3.29. The smallest absolute Gasteiger partial charge is 0.221 e. The van der Waals surface area contributed by atoms with E-state index in [1.165, 1.54) is 23.4 Å². The molecule has 2 rings (SSSR count). The van der Waals surface area contributed by atoms with E-state index in [2.05, 4.69) is 10.2 Å². The van der Waals surface area contributed by atoms with Crippen molar-refractivity contribution in [1.29, 1.82) is 0 Å². The highest BCUT2D eigenvalue weighted by atomic mass is 32.2. The lowest BCUT2D eigenvalue weighted by molar-refractivity contribution is -0.121. The molecule has 134 valence electrons. The quantitative estimate of drug-likeness (QED) is 0.670. The van der Waals surface area contributed by atoms with Gasteiger partial charge in [-0.2, -0.15) is 0 Å². The second-order valence-corrected chi connectivity index (χ2v) is 8.40. The third kappa shape index (κ3) is 6.74. The van der Waals surface area contributed by atoms with E-state index in [-0.39, 0.29) is 24.9 Å². The molecule has 8 heteroatoms. The summed E-state index contributed by atoms with van der Waals surface area (Å²) in [5.41, 5.74) is 0. The van der Waals surface area contributed by atoms with Crippen LogP contribution in [0, 0.1) is 0 Å². The van der Waals surface area contributed by atoms with E-state index in [4.69, 9.17) is 4.74 Å². The Morgan fingerprint density at radius 3 is 2.48 bits per heavy atom. The van der Waals surface area contributed by atoms with Gasteiger partial charge >= 0.3 is 0 Å². The molecule has 1 amide bonds. The summed E-state index contributed by atoms with van der Waals surface area (Å²) in [5.74, 6) is -0.0445. The van der Waals surface area contributed by atoms with Crippen LogP contribution in [-0.2, 0) is 19.6 Å². The third-order valence-electron chi connectivity index (χ3n) is 4.55.